The summed E-state index contributed by atoms with van der Waals surface area (Å²) in [5, 5.41) is 2.63. The maximum absolute atomic E-state index is 12.5. The second-order valence-electron chi connectivity index (χ2n) is 6.86. The van der Waals surface area contributed by atoms with Crippen LogP contribution in [0, 0.1) is 5.92 Å². The molecule has 0 aromatic rings. The highest BCUT2D eigenvalue weighted by Crippen LogP contribution is 2.15. The Kier molecular flexibility index (Phi) is 10.2. The Hall–Kier alpha value is -1.89. The van der Waals surface area contributed by atoms with Crippen LogP contribution in [-0.2, 0) is 19.1 Å². The van der Waals surface area contributed by atoms with E-state index in [1.165, 1.54) is 4.90 Å². The zero-order valence-electron chi connectivity index (χ0n) is 17.2. The van der Waals surface area contributed by atoms with E-state index in [0.29, 0.717) is 25.0 Å². The molecule has 0 aliphatic heterocycles. The molecule has 0 rings (SSSR count). The van der Waals surface area contributed by atoms with Crippen molar-refractivity contribution in [1.29, 1.82) is 0 Å². The second kappa shape index (κ2) is 11.0. The Morgan fingerprint density at radius 1 is 1.19 bits per heavy atom. The number of nitrogens with two attached hydrogens (primary N) is 1. The van der Waals surface area contributed by atoms with E-state index < -0.39 is 11.5 Å². The first-order chi connectivity index (χ1) is 12.0. The lowest BCUT2D eigenvalue weighted by Crippen LogP contribution is -2.55. The number of hydrogen-bond donors (Lipinski definition) is 2. The van der Waals surface area contributed by atoms with E-state index in [0.717, 1.165) is 0 Å². The van der Waals surface area contributed by atoms with Gasteiger partial charge in [-0.25, -0.2) is 4.79 Å². The third-order valence-electron chi connectivity index (χ3n) is 4.66. The Labute approximate surface area is 157 Å². The van der Waals surface area contributed by atoms with E-state index in [2.05, 4.69) is 5.32 Å². The largest absolute Gasteiger partial charge is 0.463 e. The van der Waals surface area contributed by atoms with Gasteiger partial charge in [-0.2, -0.15) is 0 Å². The number of nitrogens with one attached hydrogen (secondary N) is 1. The molecule has 0 saturated heterocycles. The summed E-state index contributed by atoms with van der Waals surface area (Å²) in [6.07, 6.45) is 2.72. The van der Waals surface area contributed by atoms with Crippen molar-refractivity contribution in [2.24, 2.45) is 11.7 Å². The highest BCUT2D eigenvalue weighted by molar-refractivity contribution is 5.90. The fraction of sp³-hybridized carbons (Fsp3) is 0.737. The molecule has 0 aliphatic carbocycles. The van der Waals surface area contributed by atoms with Gasteiger partial charge in [0.25, 0.3) is 0 Å². The number of likely N-dealkylation sites (N-methyl/N-ethyl adjacent to an activating group) is 1. The van der Waals surface area contributed by atoms with Gasteiger partial charge in [0, 0.05) is 12.6 Å². The summed E-state index contributed by atoms with van der Waals surface area (Å²) in [7, 11) is 1.66. The molecule has 0 saturated carbocycles. The molecule has 150 valence electrons. The van der Waals surface area contributed by atoms with Gasteiger partial charge in [0.05, 0.1) is 24.7 Å². The fourth-order valence-electron chi connectivity index (χ4n) is 2.51. The Bertz CT molecular complexity index is 525. The molecule has 0 aromatic carbocycles. The molecule has 0 aliphatic rings. The van der Waals surface area contributed by atoms with Gasteiger partial charge in [-0.3, -0.25) is 9.59 Å². The first-order valence-corrected chi connectivity index (χ1v) is 9.22. The van der Waals surface area contributed by atoms with Gasteiger partial charge >= 0.3 is 5.97 Å². The highest BCUT2D eigenvalue weighted by atomic mass is 16.5. The van der Waals surface area contributed by atoms with Crippen LogP contribution in [-0.4, -0.2) is 54.5 Å². The zero-order valence-corrected chi connectivity index (χ0v) is 17.2. The third kappa shape index (κ3) is 6.78. The van der Waals surface area contributed by atoms with Gasteiger partial charge in [0.2, 0.25) is 11.8 Å². The molecule has 3 N–H and O–H groups in total. The number of hydrogen-bond acceptors (Lipinski definition) is 5. The standard InChI is InChI=1S/C19H35N3O4/c1-8-19(20,9-2)18(25)21-12-16(23)22(7)15(13(4)5)11-14(6)17(24)26-10-3/h11,13,15H,8-10,12,20H2,1-7H3,(H,21,25)/t15-/m1/s1. The lowest BCUT2D eigenvalue weighted by molar-refractivity contribution is -0.138. The summed E-state index contributed by atoms with van der Waals surface area (Å²) in [5.74, 6) is -0.891. The SMILES string of the molecule is CCOC(=O)C(C)=C[C@H](C(C)C)N(C)C(=O)CNC(=O)C(N)(CC)CC. The minimum absolute atomic E-state index is 0.0870. The van der Waals surface area contributed by atoms with E-state index >= 15 is 0 Å². The van der Waals surface area contributed by atoms with Crippen LogP contribution >= 0.6 is 0 Å². The molecule has 1 atom stereocenters. The first kappa shape index (κ1) is 24.1. The molecule has 0 bridgehead atoms. The predicted molar refractivity (Wildman–Crippen MR) is 102 cm³/mol. The average molecular weight is 370 g/mol. The molecule has 0 spiro atoms. The maximum Gasteiger partial charge on any atom is 0.333 e. The summed E-state index contributed by atoms with van der Waals surface area (Å²) in [5.41, 5.74) is 5.53. The number of esters is 1. The average Bonchev–Trinajstić information content (AvgIpc) is 2.61. The van der Waals surface area contributed by atoms with Gasteiger partial charge in [0.15, 0.2) is 0 Å². The van der Waals surface area contributed by atoms with Crippen molar-refractivity contribution in [3.63, 3.8) is 0 Å². The van der Waals surface area contributed by atoms with Crippen LogP contribution in [0.5, 0.6) is 0 Å². The van der Waals surface area contributed by atoms with Crippen LogP contribution in [0.4, 0.5) is 0 Å². The van der Waals surface area contributed by atoms with Crippen molar-refractivity contribution in [3.05, 3.63) is 11.6 Å². The lowest BCUT2D eigenvalue weighted by atomic mass is 9.93. The molecule has 7 nitrogen and oxygen atoms in total. The summed E-state index contributed by atoms with van der Waals surface area (Å²) < 4.78 is 4.98. The summed E-state index contributed by atoms with van der Waals surface area (Å²) in [4.78, 5) is 38.1. The second-order valence-corrected chi connectivity index (χ2v) is 6.86. The van der Waals surface area contributed by atoms with Crippen LogP contribution in [0.15, 0.2) is 11.6 Å². The van der Waals surface area contributed by atoms with Crippen molar-refractivity contribution in [2.45, 2.75) is 66.0 Å². The van der Waals surface area contributed by atoms with E-state index in [-0.39, 0.29) is 30.3 Å². The van der Waals surface area contributed by atoms with Crippen molar-refractivity contribution >= 4 is 17.8 Å². The monoisotopic (exact) mass is 369 g/mol. The van der Waals surface area contributed by atoms with Crippen LogP contribution in [0.25, 0.3) is 0 Å². The van der Waals surface area contributed by atoms with E-state index in [1.54, 1.807) is 27.0 Å². The number of carbonyl (C=O) groups excluding carboxylic acids is 3. The number of carbonyl (C=O) groups is 3. The molecule has 0 fully saturated rings. The molecule has 0 radical (unpaired) electrons. The summed E-state index contributed by atoms with van der Waals surface area (Å²) in [6.45, 7) is 11.2. The quantitative estimate of drug-likeness (QED) is 0.450. The molecule has 7 heteroatoms. The van der Waals surface area contributed by atoms with Crippen LogP contribution in [0.2, 0.25) is 0 Å². The van der Waals surface area contributed by atoms with E-state index in [1.807, 2.05) is 27.7 Å². The minimum Gasteiger partial charge on any atom is -0.463 e. The molecular weight excluding hydrogens is 334 g/mol. The lowest BCUT2D eigenvalue weighted by Gasteiger charge is -2.30. The van der Waals surface area contributed by atoms with Crippen molar-refractivity contribution in [2.75, 3.05) is 20.2 Å². The van der Waals surface area contributed by atoms with Gasteiger partial charge in [-0.1, -0.05) is 33.8 Å². The molecule has 0 unspecified atom stereocenters. The van der Waals surface area contributed by atoms with Crippen molar-refractivity contribution < 1.29 is 19.1 Å². The van der Waals surface area contributed by atoms with Crippen LogP contribution in [0.3, 0.4) is 0 Å². The number of amides is 2. The topological polar surface area (TPSA) is 102 Å². The van der Waals surface area contributed by atoms with E-state index in [9.17, 15) is 14.4 Å². The normalized spacial score (nSPS) is 13.3. The molecule has 2 amide bonds. The molecule has 26 heavy (non-hydrogen) atoms. The maximum atomic E-state index is 12.5. The summed E-state index contributed by atoms with van der Waals surface area (Å²) >= 11 is 0. The van der Waals surface area contributed by atoms with Gasteiger partial charge in [-0.05, 0) is 32.6 Å². The van der Waals surface area contributed by atoms with Gasteiger partial charge in [-0.15, -0.1) is 0 Å². The van der Waals surface area contributed by atoms with Crippen LogP contribution < -0.4 is 11.1 Å². The number of nitrogens with zero attached hydrogens (tertiary/aromatic N) is 1. The Balaban J connectivity index is 5.07. The van der Waals surface area contributed by atoms with Crippen molar-refractivity contribution in [1.82, 2.24) is 10.2 Å². The highest BCUT2D eigenvalue weighted by Gasteiger charge is 2.30. The Morgan fingerprint density at radius 2 is 1.73 bits per heavy atom. The first-order valence-electron chi connectivity index (χ1n) is 9.22. The third-order valence-corrected chi connectivity index (χ3v) is 4.66. The smallest absolute Gasteiger partial charge is 0.333 e. The van der Waals surface area contributed by atoms with Crippen molar-refractivity contribution in [3.8, 4) is 0 Å². The minimum atomic E-state index is -0.962. The van der Waals surface area contributed by atoms with Gasteiger partial charge in [0.1, 0.15) is 0 Å². The van der Waals surface area contributed by atoms with Crippen LogP contribution in [0.1, 0.15) is 54.4 Å². The molecule has 0 aromatic heterocycles. The molecule has 0 heterocycles. The zero-order chi connectivity index (χ0) is 20.5. The van der Waals surface area contributed by atoms with Gasteiger partial charge < -0.3 is 20.7 Å². The van der Waals surface area contributed by atoms with E-state index in [4.69, 9.17) is 10.5 Å². The fourth-order valence-corrected chi connectivity index (χ4v) is 2.51. The Morgan fingerprint density at radius 3 is 2.15 bits per heavy atom. The molecular formula is C19H35N3O4. The number of ether oxygens (including phenoxy) is 1. The summed E-state index contributed by atoms with van der Waals surface area (Å²) in [6, 6.07) is -0.288. The number of rotatable bonds is 10. The predicted octanol–water partition coefficient (Wildman–Crippen LogP) is 1.61.